The molecule has 0 spiro atoms. The van der Waals surface area contributed by atoms with Crippen LogP contribution in [0.4, 0.5) is 5.69 Å². The van der Waals surface area contributed by atoms with E-state index in [0.717, 1.165) is 12.8 Å². The fourth-order valence-electron chi connectivity index (χ4n) is 3.82. The third kappa shape index (κ3) is 5.43. The molecule has 0 atom stereocenters. The number of amides is 2. The van der Waals surface area contributed by atoms with Gasteiger partial charge < -0.3 is 10.2 Å². The van der Waals surface area contributed by atoms with Gasteiger partial charge in [0.25, 0.3) is 11.8 Å². The smallest absolute Gasteiger partial charge is 0.255 e. The van der Waals surface area contributed by atoms with Gasteiger partial charge in [0.1, 0.15) is 0 Å². The molecule has 0 bridgehead atoms. The van der Waals surface area contributed by atoms with Crippen molar-refractivity contribution < 1.29 is 18.0 Å². The Kier molecular flexibility index (Phi) is 6.81. The minimum atomic E-state index is -3.55. The average Bonchev–Trinajstić information content (AvgIpc) is 3.34. The van der Waals surface area contributed by atoms with Crippen molar-refractivity contribution in [1.82, 2.24) is 4.90 Å². The number of carbonyl (C=O) groups excluding carboxylic acids is 2. The van der Waals surface area contributed by atoms with Gasteiger partial charge in [-0.3, -0.25) is 9.59 Å². The van der Waals surface area contributed by atoms with E-state index in [2.05, 4.69) is 5.32 Å². The third-order valence-corrected chi connectivity index (χ3v) is 7.44. The minimum Gasteiger partial charge on any atom is -0.339 e. The van der Waals surface area contributed by atoms with Crippen molar-refractivity contribution in [3.63, 3.8) is 0 Å². The second-order valence-electron chi connectivity index (χ2n) is 7.92. The summed E-state index contributed by atoms with van der Waals surface area (Å²) < 4.78 is 25.4. The van der Waals surface area contributed by atoms with Crippen LogP contribution in [0.15, 0.2) is 77.7 Å². The zero-order valence-electron chi connectivity index (χ0n) is 17.8. The van der Waals surface area contributed by atoms with E-state index < -0.39 is 15.7 Å². The summed E-state index contributed by atoms with van der Waals surface area (Å²) in [7, 11) is -3.55. The van der Waals surface area contributed by atoms with Gasteiger partial charge >= 0.3 is 0 Å². The second kappa shape index (κ2) is 9.77. The second-order valence-corrected chi connectivity index (χ2v) is 10.3. The summed E-state index contributed by atoms with van der Waals surface area (Å²) in [6.45, 7) is 1.37. The molecule has 2 amide bonds. The van der Waals surface area contributed by atoms with E-state index in [1.165, 1.54) is 0 Å². The number of benzene rings is 3. The molecule has 0 saturated carbocycles. The van der Waals surface area contributed by atoms with Gasteiger partial charge in [-0.1, -0.05) is 41.9 Å². The van der Waals surface area contributed by atoms with Crippen LogP contribution in [0.1, 0.15) is 39.1 Å². The monoisotopic (exact) mass is 482 g/mol. The largest absolute Gasteiger partial charge is 0.339 e. The summed E-state index contributed by atoms with van der Waals surface area (Å²) in [6.07, 6.45) is 1.92. The summed E-state index contributed by atoms with van der Waals surface area (Å²) in [5.41, 5.74) is 1.48. The van der Waals surface area contributed by atoms with Crippen molar-refractivity contribution in [3.05, 3.63) is 94.5 Å². The highest BCUT2D eigenvalue weighted by atomic mass is 35.5. The van der Waals surface area contributed by atoms with E-state index in [1.54, 1.807) is 77.7 Å². The van der Waals surface area contributed by atoms with Gasteiger partial charge in [0.2, 0.25) is 0 Å². The van der Waals surface area contributed by atoms with Gasteiger partial charge in [-0.2, -0.15) is 0 Å². The Morgan fingerprint density at radius 3 is 2.36 bits per heavy atom. The maximum Gasteiger partial charge on any atom is 0.255 e. The van der Waals surface area contributed by atoms with E-state index in [9.17, 15) is 18.0 Å². The molecule has 1 saturated heterocycles. The number of halogens is 1. The lowest BCUT2D eigenvalue weighted by molar-refractivity contribution is 0.0794. The Bertz CT molecular complexity index is 1290. The number of nitrogens with one attached hydrogen (secondary N) is 1. The highest BCUT2D eigenvalue weighted by molar-refractivity contribution is 7.90. The predicted octanol–water partition coefficient (Wildman–Crippen LogP) is 4.80. The quantitative estimate of drug-likeness (QED) is 0.547. The lowest BCUT2D eigenvalue weighted by atomic mass is 10.1. The number of hydrogen-bond donors (Lipinski definition) is 1. The van der Waals surface area contributed by atoms with E-state index in [-0.39, 0.29) is 22.1 Å². The Labute approximate surface area is 198 Å². The first kappa shape index (κ1) is 23.0. The standard InChI is InChI=1S/C25H23ClN2O4S/c26-20-11-12-22(25(30)28-13-4-5-14-28)23(16-20)27-24(29)19-8-6-7-18(15-19)17-33(31,32)21-9-2-1-3-10-21/h1-3,6-12,15-16H,4-5,13-14,17H2,(H,27,29). The summed E-state index contributed by atoms with van der Waals surface area (Å²) in [5, 5.41) is 3.17. The molecule has 1 heterocycles. The number of likely N-dealkylation sites (tertiary alicyclic amines) is 1. The molecule has 0 aromatic heterocycles. The summed E-state index contributed by atoms with van der Waals surface area (Å²) in [5.74, 6) is -0.831. The number of rotatable bonds is 6. The van der Waals surface area contributed by atoms with Gasteiger partial charge in [0, 0.05) is 23.7 Å². The number of sulfone groups is 1. The van der Waals surface area contributed by atoms with Crippen molar-refractivity contribution in [1.29, 1.82) is 0 Å². The van der Waals surface area contributed by atoms with Crippen LogP contribution < -0.4 is 5.32 Å². The maximum absolute atomic E-state index is 13.0. The molecule has 3 aromatic carbocycles. The normalized spacial score (nSPS) is 13.7. The highest BCUT2D eigenvalue weighted by Crippen LogP contribution is 2.25. The summed E-state index contributed by atoms with van der Waals surface area (Å²) >= 11 is 6.12. The van der Waals surface area contributed by atoms with Crippen molar-refractivity contribution in [2.45, 2.75) is 23.5 Å². The number of anilines is 1. The molecular weight excluding hydrogens is 460 g/mol. The number of hydrogen-bond acceptors (Lipinski definition) is 4. The summed E-state index contributed by atoms with van der Waals surface area (Å²) in [6, 6.07) is 19.4. The Balaban J connectivity index is 1.55. The fourth-order valence-corrected chi connectivity index (χ4v) is 5.35. The average molecular weight is 483 g/mol. The predicted molar refractivity (Wildman–Crippen MR) is 128 cm³/mol. The lowest BCUT2D eigenvalue weighted by Crippen LogP contribution is -2.28. The lowest BCUT2D eigenvalue weighted by Gasteiger charge is -2.18. The fraction of sp³-hybridized carbons (Fsp3) is 0.200. The first-order valence-electron chi connectivity index (χ1n) is 10.6. The first-order chi connectivity index (χ1) is 15.8. The van der Waals surface area contributed by atoms with Gasteiger partial charge in [0.05, 0.1) is 21.9 Å². The number of carbonyl (C=O) groups is 2. The van der Waals surface area contributed by atoms with Crippen LogP contribution in [0.3, 0.4) is 0 Å². The SMILES string of the molecule is O=C(Nc1cc(Cl)ccc1C(=O)N1CCCC1)c1cccc(CS(=O)(=O)c2ccccc2)c1. The molecule has 0 unspecified atom stereocenters. The van der Waals surface area contributed by atoms with Crippen LogP contribution in [0.25, 0.3) is 0 Å². The number of nitrogens with zero attached hydrogens (tertiary/aromatic N) is 1. The first-order valence-corrected chi connectivity index (χ1v) is 12.6. The van der Waals surface area contributed by atoms with Crippen LogP contribution >= 0.6 is 11.6 Å². The van der Waals surface area contributed by atoms with Crippen LogP contribution in [-0.2, 0) is 15.6 Å². The molecule has 170 valence electrons. The highest BCUT2D eigenvalue weighted by Gasteiger charge is 2.23. The van der Waals surface area contributed by atoms with Crippen molar-refractivity contribution in [3.8, 4) is 0 Å². The van der Waals surface area contributed by atoms with Gasteiger partial charge in [-0.15, -0.1) is 0 Å². The zero-order chi connectivity index (χ0) is 23.4. The van der Waals surface area contributed by atoms with Crippen LogP contribution in [0.5, 0.6) is 0 Å². The molecule has 1 aliphatic heterocycles. The molecule has 1 aliphatic rings. The minimum absolute atomic E-state index is 0.151. The van der Waals surface area contributed by atoms with Gasteiger partial charge in [0.15, 0.2) is 9.84 Å². The molecule has 1 fully saturated rings. The Hall–Kier alpha value is -3.16. The molecule has 33 heavy (non-hydrogen) atoms. The summed E-state index contributed by atoms with van der Waals surface area (Å²) in [4.78, 5) is 27.9. The van der Waals surface area contributed by atoms with E-state index in [0.29, 0.717) is 34.9 Å². The molecule has 4 rings (SSSR count). The van der Waals surface area contributed by atoms with Crippen molar-refractivity contribution >= 4 is 38.9 Å². The van der Waals surface area contributed by atoms with Crippen LogP contribution in [0, 0.1) is 0 Å². The molecule has 1 N–H and O–H groups in total. The van der Waals surface area contributed by atoms with E-state index in [1.807, 2.05) is 0 Å². The van der Waals surface area contributed by atoms with E-state index in [4.69, 9.17) is 11.6 Å². The maximum atomic E-state index is 13.0. The van der Waals surface area contributed by atoms with Crippen LogP contribution in [-0.4, -0.2) is 38.2 Å². The van der Waals surface area contributed by atoms with Crippen LogP contribution in [0.2, 0.25) is 5.02 Å². The molecule has 8 heteroatoms. The molecule has 0 aliphatic carbocycles. The molecule has 3 aromatic rings. The van der Waals surface area contributed by atoms with Crippen molar-refractivity contribution in [2.75, 3.05) is 18.4 Å². The van der Waals surface area contributed by atoms with Gasteiger partial charge in [-0.25, -0.2) is 8.42 Å². The molecule has 0 radical (unpaired) electrons. The zero-order valence-corrected chi connectivity index (χ0v) is 19.4. The third-order valence-electron chi connectivity index (χ3n) is 5.50. The molecule has 6 nitrogen and oxygen atoms in total. The van der Waals surface area contributed by atoms with E-state index >= 15 is 0 Å². The topological polar surface area (TPSA) is 83.6 Å². The van der Waals surface area contributed by atoms with Gasteiger partial charge in [-0.05, 0) is 60.9 Å². The Morgan fingerprint density at radius 1 is 0.909 bits per heavy atom. The van der Waals surface area contributed by atoms with Crippen molar-refractivity contribution in [2.24, 2.45) is 0 Å². The Morgan fingerprint density at radius 2 is 1.64 bits per heavy atom. The molecular formula is C25H23ClN2O4S.